The molecule has 0 aliphatic carbocycles. The Morgan fingerprint density at radius 2 is 2.28 bits per heavy atom. The summed E-state index contributed by atoms with van der Waals surface area (Å²) in [5.41, 5.74) is 0.901. The fourth-order valence-corrected chi connectivity index (χ4v) is 1.63. The first-order valence-electron chi connectivity index (χ1n) is 5.98. The molecule has 0 heterocycles. The second-order valence-electron chi connectivity index (χ2n) is 3.96. The highest BCUT2D eigenvalue weighted by atomic mass is 19.1. The molecule has 1 rings (SSSR count). The van der Waals surface area contributed by atoms with E-state index in [2.05, 4.69) is 11.9 Å². The number of hydrogen-bond acceptors (Lipinski definition) is 3. The van der Waals surface area contributed by atoms with Gasteiger partial charge in [0, 0.05) is 6.04 Å². The Bertz CT molecular complexity index is 382. The van der Waals surface area contributed by atoms with Crippen LogP contribution < -0.4 is 10.1 Å². The second-order valence-corrected chi connectivity index (χ2v) is 3.96. The molecule has 1 N–H and O–H groups in total. The summed E-state index contributed by atoms with van der Waals surface area (Å²) >= 11 is 0. The Labute approximate surface area is 108 Å². The van der Waals surface area contributed by atoms with E-state index >= 15 is 0 Å². The highest BCUT2D eigenvalue weighted by Gasteiger charge is 2.08. The minimum absolute atomic E-state index is 0.0918. The fourth-order valence-electron chi connectivity index (χ4n) is 1.63. The van der Waals surface area contributed by atoms with Crippen LogP contribution in [-0.4, -0.2) is 20.3 Å². The van der Waals surface area contributed by atoms with Crippen LogP contribution in [0.15, 0.2) is 31.0 Å². The maximum atomic E-state index is 13.5. The van der Waals surface area contributed by atoms with Crippen molar-refractivity contribution in [2.24, 2.45) is 0 Å². The Balaban J connectivity index is 2.43. The topological polar surface area (TPSA) is 30.5 Å². The van der Waals surface area contributed by atoms with E-state index in [4.69, 9.17) is 9.47 Å². The third kappa shape index (κ3) is 4.37. The maximum absolute atomic E-state index is 13.5. The van der Waals surface area contributed by atoms with Crippen molar-refractivity contribution in [2.75, 3.05) is 20.3 Å². The molecular formula is C14H20FNO2. The molecule has 1 unspecified atom stereocenters. The van der Waals surface area contributed by atoms with Gasteiger partial charge in [-0.1, -0.05) is 12.6 Å². The first-order chi connectivity index (χ1) is 8.69. The molecule has 0 aliphatic heterocycles. The van der Waals surface area contributed by atoms with E-state index in [1.54, 1.807) is 6.07 Å². The molecular weight excluding hydrogens is 233 g/mol. The highest BCUT2D eigenvalue weighted by Crippen LogP contribution is 2.21. The zero-order valence-corrected chi connectivity index (χ0v) is 10.9. The Kier molecular flexibility index (Phi) is 6.22. The molecule has 100 valence electrons. The van der Waals surface area contributed by atoms with Crippen LogP contribution in [0.3, 0.4) is 0 Å². The normalized spacial score (nSPS) is 11.9. The lowest BCUT2D eigenvalue weighted by molar-refractivity contribution is 0.243. The van der Waals surface area contributed by atoms with E-state index < -0.39 is 0 Å². The lowest BCUT2D eigenvalue weighted by Crippen LogP contribution is -2.20. The summed E-state index contributed by atoms with van der Waals surface area (Å²) in [6, 6.07) is 5.09. The van der Waals surface area contributed by atoms with Gasteiger partial charge in [-0.15, -0.1) is 0 Å². The predicted octanol–water partition coefficient (Wildman–Crippen LogP) is 3.04. The van der Waals surface area contributed by atoms with Crippen LogP contribution in [0.25, 0.3) is 0 Å². The molecule has 0 spiro atoms. The number of nitrogens with one attached hydrogen (secondary N) is 1. The lowest BCUT2D eigenvalue weighted by Gasteiger charge is -2.15. The molecule has 1 aromatic carbocycles. The van der Waals surface area contributed by atoms with Crippen molar-refractivity contribution in [3.05, 3.63) is 42.4 Å². The number of hydrogen-bond donors (Lipinski definition) is 1. The van der Waals surface area contributed by atoms with E-state index in [0.717, 1.165) is 18.5 Å². The van der Waals surface area contributed by atoms with Crippen LogP contribution in [0, 0.1) is 5.82 Å². The molecule has 0 fully saturated rings. The number of benzene rings is 1. The summed E-state index contributed by atoms with van der Waals surface area (Å²) in [4.78, 5) is 0. The predicted molar refractivity (Wildman–Crippen MR) is 70.1 cm³/mol. The average Bonchev–Trinajstić information content (AvgIpc) is 2.38. The minimum Gasteiger partial charge on any atom is -0.502 e. The van der Waals surface area contributed by atoms with Crippen molar-refractivity contribution in [2.45, 2.75) is 19.4 Å². The Morgan fingerprint density at radius 3 is 2.89 bits per heavy atom. The molecule has 0 saturated heterocycles. The van der Waals surface area contributed by atoms with E-state index in [9.17, 15) is 4.39 Å². The van der Waals surface area contributed by atoms with Gasteiger partial charge < -0.3 is 14.8 Å². The Morgan fingerprint density at radius 1 is 1.50 bits per heavy atom. The van der Waals surface area contributed by atoms with Gasteiger partial charge in [0.25, 0.3) is 0 Å². The zero-order chi connectivity index (χ0) is 13.4. The molecule has 4 heteroatoms. The van der Waals surface area contributed by atoms with Gasteiger partial charge in [0.15, 0.2) is 11.6 Å². The lowest BCUT2D eigenvalue weighted by atomic mass is 10.1. The van der Waals surface area contributed by atoms with Crippen LogP contribution in [0.5, 0.6) is 5.75 Å². The summed E-state index contributed by atoms with van der Waals surface area (Å²) < 4.78 is 23.4. The quantitative estimate of drug-likeness (QED) is 0.570. The average molecular weight is 253 g/mol. The number of halogens is 1. The van der Waals surface area contributed by atoms with Crippen molar-refractivity contribution in [1.82, 2.24) is 5.32 Å². The van der Waals surface area contributed by atoms with Crippen molar-refractivity contribution in [3.8, 4) is 5.75 Å². The molecule has 3 nitrogen and oxygen atoms in total. The zero-order valence-electron chi connectivity index (χ0n) is 10.9. The fraction of sp³-hybridized carbons (Fsp3) is 0.429. The van der Waals surface area contributed by atoms with Crippen LogP contribution in [0.2, 0.25) is 0 Å². The van der Waals surface area contributed by atoms with Crippen LogP contribution >= 0.6 is 0 Å². The number of ether oxygens (including phenoxy) is 2. The van der Waals surface area contributed by atoms with Gasteiger partial charge >= 0.3 is 0 Å². The van der Waals surface area contributed by atoms with E-state index in [0.29, 0.717) is 6.61 Å². The molecule has 0 aliphatic rings. The smallest absolute Gasteiger partial charge is 0.165 e. The van der Waals surface area contributed by atoms with Gasteiger partial charge in [-0.25, -0.2) is 4.39 Å². The third-order valence-corrected chi connectivity index (χ3v) is 2.68. The first-order valence-corrected chi connectivity index (χ1v) is 5.98. The minimum atomic E-state index is -0.335. The number of rotatable bonds is 8. The third-order valence-electron chi connectivity index (χ3n) is 2.68. The van der Waals surface area contributed by atoms with Gasteiger partial charge in [0.1, 0.15) is 0 Å². The summed E-state index contributed by atoms with van der Waals surface area (Å²) in [5.74, 6) is -0.0658. The van der Waals surface area contributed by atoms with Crippen molar-refractivity contribution in [1.29, 1.82) is 0 Å². The summed E-state index contributed by atoms with van der Waals surface area (Å²) in [7, 11) is 1.46. The van der Waals surface area contributed by atoms with Crippen molar-refractivity contribution in [3.63, 3.8) is 0 Å². The standard InChI is InChI=1S/C14H20FNO2/c1-4-18-9-5-8-16-11(2)12-6-7-14(17-3)13(15)10-12/h4,6-7,10-11,16H,1,5,8-9H2,2-3H3. The Hall–Kier alpha value is -1.55. The van der Waals surface area contributed by atoms with Crippen molar-refractivity contribution >= 4 is 0 Å². The van der Waals surface area contributed by atoms with Crippen LogP contribution in [0.4, 0.5) is 4.39 Å². The molecule has 0 aromatic heterocycles. The molecule has 0 bridgehead atoms. The second kappa shape index (κ2) is 7.71. The van der Waals surface area contributed by atoms with Gasteiger partial charge in [-0.3, -0.25) is 0 Å². The van der Waals surface area contributed by atoms with Crippen molar-refractivity contribution < 1.29 is 13.9 Å². The molecule has 1 aromatic rings. The van der Waals surface area contributed by atoms with Crippen LogP contribution in [-0.2, 0) is 4.74 Å². The molecule has 0 saturated carbocycles. The van der Waals surface area contributed by atoms with E-state index in [-0.39, 0.29) is 17.6 Å². The summed E-state index contributed by atoms with van der Waals surface area (Å²) in [6.07, 6.45) is 2.32. The van der Waals surface area contributed by atoms with Gasteiger partial charge in [-0.2, -0.15) is 0 Å². The van der Waals surface area contributed by atoms with Gasteiger partial charge in [0.05, 0.1) is 20.0 Å². The molecule has 18 heavy (non-hydrogen) atoms. The molecule has 0 amide bonds. The first kappa shape index (κ1) is 14.5. The highest BCUT2D eigenvalue weighted by molar-refractivity contribution is 5.30. The summed E-state index contributed by atoms with van der Waals surface area (Å²) in [5, 5.41) is 3.30. The monoisotopic (exact) mass is 253 g/mol. The number of methoxy groups -OCH3 is 1. The van der Waals surface area contributed by atoms with Gasteiger partial charge in [-0.05, 0) is 37.6 Å². The SMILES string of the molecule is C=COCCCNC(C)c1ccc(OC)c(F)c1. The van der Waals surface area contributed by atoms with E-state index in [1.807, 2.05) is 13.0 Å². The maximum Gasteiger partial charge on any atom is 0.165 e. The van der Waals surface area contributed by atoms with Gasteiger partial charge in [0.2, 0.25) is 0 Å². The summed E-state index contributed by atoms with van der Waals surface area (Å²) in [6.45, 7) is 6.91. The molecule has 1 atom stereocenters. The van der Waals surface area contributed by atoms with E-state index in [1.165, 1.54) is 19.4 Å². The van der Waals surface area contributed by atoms with Crippen LogP contribution in [0.1, 0.15) is 24.9 Å². The molecule has 0 radical (unpaired) electrons. The largest absolute Gasteiger partial charge is 0.502 e.